The minimum atomic E-state index is -0.392. The molecule has 0 saturated carbocycles. The number of hydrogen-bond donors (Lipinski definition) is 0. The Labute approximate surface area is 108 Å². The van der Waals surface area contributed by atoms with Gasteiger partial charge in [0.1, 0.15) is 5.82 Å². The first-order valence-corrected chi connectivity index (χ1v) is 6.14. The molecule has 100 valence electrons. The van der Waals surface area contributed by atoms with Crippen LogP contribution in [-0.2, 0) is 4.74 Å². The van der Waals surface area contributed by atoms with E-state index in [-0.39, 0.29) is 6.04 Å². The summed E-state index contributed by atoms with van der Waals surface area (Å²) in [5.41, 5.74) is 1.14. The molecule has 0 radical (unpaired) electrons. The van der Waals surface area contributed by atoms with Crippen LogP contribution in [0.3, 0.4) is 0 Å². The molecule has 3 nitrogen and oxygen atoms in total. The number of aldehydes is 1. The summed E-state index contributed by atoms with van der Waals surface area (Å²) in [6.07, 6.45) is 1.64. The molecule has 1 atom stereocenters. The van der Waals surface area contributed by atoms with Gasteiger partial charge in [-0.3, -0.25) is 4.79 Å². The second kappa shape index (κ2) is 7.11. The molecule has 0 heterocycles. The summed E-state index contributed by atoms with van der Waals surface area (Å²) in [4.78, 5) is 13.1. The molecule has 0 aliphatic rings. The average molecular weight is 253 g/mol. The third kappa shape index (κ3) is 3.53. The third-order valence-electron chi connectivity index (χ3n) is 3.09. The van der Waals surface area contributed by atoms with Crippen LogP contribution in [0.2, 0.25) is 0 Å². The van der Waals surface area contributed by atoms with Crippen LogP contribution in [0.15, 0.2) is 18.2 Å². The van der Waals surface area contributed by atoms with Gasteiger partial charge in [0.05, 0.1) is 6.61 Å². The van der Waals surface area contributed by atoms with E-state index >= 15 is 0 Å². The maximum absolute atomic E-state index is 13.1. The number of halogens is 1. The van der Waals surface area contributed by atoms with Crippen molar-refractivity contribution in [2.24, 2.45) is 0 Å². The van der Waals surface area contributed by atoms with E-state index in [1.54, 1.807) is 13.2 Å². The van der Waals surface area contributed by atoms with Gasteiger partial charge in [0, 0.05) is 30.9 Å². The van der Waals surface area contributed by atoms with E-state index in [0.29, 0.717) is 25.0 Å². The van der Waals surface area contributed by atoms with Crippen LogP contribution in [0.25, 0.3) is 0 Å². The summed E-state index contributed by atoms with van der Waals surface area (Å²) >= 11 is 0. The number of nitrogens with zero attached hydrogens (tertiary/aromatic N) is 1. The molecule has 0 N–H and O–H groups in total. The largest absolute Gasteiger partial charge is 0.383 e. The summed E-state index contributed by atoms with van der Waals surface area (Å²) in [7, 11) is 1.64. The first-order chi connectivity index (χ1) is 8.63. The lowest BCUT2D eigenvalue weighted by Gasteiger charge is -2.31. The molecular weight excluding hydrogens is 233 g/mol. The van der Waals surface area contributed by atoms with E-state index < -0.39 is 5.82 Å². The van der Waals surface area contributed by atoms with Crippen molar-refractivity contribution in [2.75, 3.05) is 25.2 Å². The van der Waals surface area contributed by atoms with Gasteiger partial charge in [-0.25, -0.2) is 4.39 Å². The Bertz CT molecular complexity index is 395. The maximum Gasteiger partial charge on any atom is 0.152 e. The molecule has 0 bridgehead atoms. The zero-order valence-electron chi connectivity index (χ0n) is 11.1. The number of hydrogen-bond acceptors (Lipinski definition) is 3. The van der Waals surface area contributed by atoms with Crippen LogP contribution in [0.4, 0.5) is 10.1 Å². The predicted octanol–water partition coefficient (Wildman–Crippen LogP) is 2.89. The highest BCUT2D eigenvalue weighted by Gasteiger charge is 2.16. The minimum Gasteiger partial charge on any atom is -0.383 e. The van der Waals surface area contributed by atoms with Gasteiger partial charge >= 0.3 is 0 Å². The number of carbonyl (C=O) groups excluding carboxylic acids is 1. The molecule has 0 saturated heterocycles. The van der Waals surface area contributed by atoms with Crippen molar-refractivity contribution in [3.63, 3.8) is 0 Å². The molecule has 0 aromatic heterocycles. The van der Waals surface area contributed by atoms with E-state index in [2.05, 4.69) is 18.7 Å². The van der Waals surface area contributed by atoms with Gasteiger partial charge in [-0.05, 0) is 31.5 Å². The van der Waals surface area contributed by atoms with E-state index in [4.69, 9.17) is 4.74 Å². The van der Waals surface area contributed by atoms with Crippen LogP contribution in [0.1, 0.15) is 30.6 Å². The number of carbonyl (C=O) groups is 1. The van der Waals surface area contributed by atoms with Crippen LogP contribution < -0.4 is 4.90 Å². The van der Waals surface area contributed by atoms with Gasteiger partial charge in [0.2, 0.25) is 0 Å². The molecule has 0 aliphatic carbocycles. The second-order valence-corrected chi connectivity index (χ2v) is 4.26. The Morgan fingerprint density at radius 1 is 1.50 bits per heavy atom. The van der Waals surface area contributed by atoms with Crippen LogP contribution >= 0.6 is 0 Å². The van der Waals surface area contributed by atoms with Gasteiger partial charge in [0.25, 0.3) is 0 Å². The molecule has 18 heavy (non-hydrogen) atoms. The van der Waals surface area contributed by atoms with Crippen molar-refractivity contribution in [2.45, 2.75) is 26.3 Å². The average Bonchev–Trinajstić information content (AvgIpc) is 2.39. The summed E-state index contributed by atoms with van der Waals surface area (Å²) in [5, 5.41) is 0. The van der Waals surface area contributed by atoms with E-state index in [1.807, 2.05) is 0 Å². The highest BCUT2D eigenvalue weighted by atomic mass is 19.1. The van der Waals surface area contributed by atoms with Crippen molar-refractivity contribution >= 4 is 12.0 Å². The molecule has 1 aromatic rings. The van der Waals surface area contributed by atoms with Crippen LogP contribution in [0, 0.1) is 5.82 Å². The van der Waals surface area contributed by atoms with Gasteiger partial charge in [-0.2, -0.15) is 0 Å². The number of anilines is 1. The molecular formula is C14H20FNO2. The van der Waals surface area contributed by atoms with Gasteiger partial charge in [0.15, 0.2) is 6.29 Å². The van der Waals surface area contributed by atoms with Crippen molar-refractivity contribution in [3.05, 3.63) is 29.6 Å². The lowest BCUT2D eigenvalue weighted by Crippen LogP contribution is -2.36. The Kier molecular flexibility index (Phi) is 5.78. The summed E-state index contributed by atoms with van der Waals surface area (Å²) in [5.74, 6) is -0.392. The molecule has 0 aliphatic heterocycles. The first-order valence-electron chi connectivity index (χ1n) is 6.14. The first kappa shape index (κ1) is 14.6. The summed E-state index contributed by atoms with van der Waals surface area (Å²) in [6.45, 7) is 5.40. The third-order valence-corrected chi connectivity index (χ3v) is 3.09. The highest BCUT2D eigenvalue weighted by molar-refractivity contribution is 5.84. The predicted molar refractivity (Wildman–Crippen MR) is 70.8 cm³/mol. The van der Waals surface area contributed by atoms with E-state index in [0.717, 1.165) is 12.1 Å². The zero-order valence-corrected chi connectivity index (χ0v) is 11.1. The fourth-order valence-electron chi connectivity index (χ4n) is 1.87. The topological polar surface area (TPSA) is 29.5 Å². The molecule has 0 fully saturated rings. The van der Waals surface area contributed by atoms with E-state index in [9.17, 15) is 9.18 Å². The number of methoxy groups -OCH3 is 1. The second-order valence-electron chi connectivity index (χ2n) is 4.26. The van der Waals surface area contributed by atoms with Gasteiger partial charge in [-0.1, -0.05) is 6.92 Å². The lowest BCUT2D eigenvalue weighted by molar-refractivity contribution is 0.112. The Balaban J connectivity index is 3.07. The minimum absolute atomic E-state index is 0.268. The zero-order chi connectivity index (χ0) is 13.5. The SMILES string of the molecule is CCC(C)N(CCOC)c1ccc(F)cc1C=O. The standard InChI is InChI=1S/C14H20FNO2/c1-4-11(2)16(7-8-18-3)14-6-5-13(15)9-12(14)10-17/h5-6,9-11H,4,7-8H2,1-3H3. The van der Waals surface area contributed by atoms with Crippen molar-refractivity contribution in [3.8, 4) is 0 Å². The fraction of sp³-hybridized carbons (Fsp3) is 0.500. The molecule has 0 amide bonds. The Morgan fingerprint density at radius 2 is 2.22 bits per heavy atom. The normalized spacial score (nSPS) is 12.2. The quantitative estimate of drug-likeness (QED) is 0.700. The molecule has 1 unspecified atom stereocenters. The van der Waals surface area contributed by atoms with E-state index in [1.165, 1.54) is 12.1 Å². The highest BCUT2D eigenvalue weighted by Crippen LogP contribution is 2.23. The van der Waals surface area contributed by atoms with Crippen LogP contribution in [0.5, 0.6) is 0 Å². The lowest BCUT2D eigenvalue weighted by atomic mass is 10.1. The molecule has 0 spiro atoms. The molecule has 1 aromatic carbocycles. The number of benzene rings is 1. The maximum atomic E-state index is 13.1. The van der Waals surface area contributed by atoms with Crippen LogP contribution in [-0.4, -0.2) is 32.6 Å². The number of ether oxygens (including phenoxy) is 1. The van der Waals surface area contributed by atoms with Crippen molar-refractivity contribution in [1.29, 1.82) is 0 Å². The molecule has 4 heteroatoms. The smallest absolute Gasteiger partial charge is 0.152 e. The summed E-state index contributed by atoms with van der Waals surface area (Å²) in [6, 6.07) is 4.57. The van der Waals surface area contributed by atoms with Gasteiger partial charge in [-0.15, -0.1) is 0 Å². The monoisotopic (exact) mass is 253 g/mol. The van der Waals surface area contributed by atoms with Gasteiger partial charge < -0.3 is 9.64 Å². The number of rotatable bonds is 7. The van der Waals surface area contributed by atoms with Crippen molar-refractivity contribution in [1.82, 2.24) is 0 Å². The summed E-state index contributed by atoms with van der Waals surface area (Å²) < 4.78 is 18.2. The molecule has 1 rings (SSSR count). The fourth-order valence-corrected chi connectivity index (χ4v) is 1.87. The van der Waals surface area contributed by atoms with Crippen molar-refractivity contribution < 1.29 is 13.9 Å². The Morgan fingerprint density at radius 3 is 2.78 bits per heavy atom. The Hall–Kier alpha value is -1.42.